The van der Waals surface area contributed by atoms with Crippen LogP contribution in [0.3, 0.4) is 0 Å². The fourth-order valence-electron chi connectivity index (χ4n) is 1.94. The Morgan fingerprint density at radius 2 is 2.05 bits per heavy atom. The summed E-state index contributed by atoms with van der Waals surface area (Å²) >= 11 is 1.71. The van der Waals surface area contributed by atoms with E-state index in [2.05, 4.69) is 12.1 Å². The van der Waals surface area contributed by atoms with Crippen molar-refractivity contribution in [2.45, 2.75) is 30.3 Å². The van der Waals surface area contributed by atoms with E-state index in [-0.39, 0.29) is 5.91 Å². The number of likely N-dealkylation sites (N-methyl/N-ethyl adjacent to an activating group) is 1. The maximum absolute atomic E-state index is 12.1. The number of nitrogens with two attached hydrogens (primary N) is 1. The molecule has 1 aromatic carbocycles. The van der Waals surface area contributed by atoms with E-state index in [1.165, 1.54) is 4.90 Å². The van der Waals surface area contributed by atoms with Gasteiger partial charge >= 0.3 is 0 Å². The van der Waals surface area contributed by atoms with Gasteiger partial charge in [-0.1, -0.05) is 12.1 Å². The van der Waals surface area contributed by atoms with Gasteiger partial charge in [0.15, 0.2) is 0 Å². The first-order valence-electron chi connectivity index (χ1n) is 6.71. The maximum Gasteiger partial charge on any atom is 0.239 e. The van der Waals surface area contributed by atoms with Crippen molar-refractivity contribution in [3.05, 3.63) is 29.8 Å². The van der Waals surface area contributed by atoms with Crippen molar-refractivity contribution in [2.75, 3.05) is 27.0 Å². The van der Waals surface area contributed by atoms with Gasteiger partial charge in [-0.25, -0.2) is 0 Å². The predicted octanol–water partition coefficient (Wildman–Crippen LogP) is 2.12. The number of nitrogens with zero attached hydrogens (tertiary/aromatic N) is 1. The zero-order valence-corrected chi connectivity index (χ0v) is 13.3. The Labute approximate surface area is 125 Å². The van der Waals surface area contributed by atoms with Crippen LogP contribution in [0, 0.1) is 0 Å². The molecule has 1 amide bonds. The summed E-state index contributed by atoms with van der Waals surface area (Å²) < 4.78 is 4.97. The van der Waals surface area contributed by atoms with Crippen LogP contribution < -0.4 is 5.73 Å². The molecule has 0 heterocycles. The highest BCUT2D eigenvalue weighted by Crippen LogP contribution is 2.15. The van der Waals surface area contributed by atoms with Gasteiger partial charge < -0.3 is 15.4 Å². The highest BCUT2D eigenvalue weighted by molar-refractivity contribution is 7.98. The highest BCUT2D eigenvalue weighted by atomic mass is 32.2. The molecule has 0 saturated carbocycles. The minimum atomic E-state index is -0.444. The quantitative estimate of drug-likeness (QED) is 0.590. The Morgan fingerprint density at radius 1 is 1.40 bits per heavy atom. The van der Waals surface area contributed by atoms with E-state index in [0.29, 0.717) is 19.6 Å². The minimum absolute atomic E-state index is 0.0185. The maximum atomic E-state index is 12.1. The second-order valence-corrected chi connectivity index (χ2v) is 5.66. The number of hydrogen-bond acceptors (Lipinski definition) is 4. The van der Waals surface area contributed by atoms with Crippen molar-refractivity contribution in [2.24, 2.45) is 5.73 Å². The molecule has 4 nitrogen and oxygen atoms in total. The third-order valence-electron chi connectivity index (χ3n) is 3.14. The van der Waals surface area contributed by atoms with E-state index in [0.717, 1.165) is 12.0 Å². The van der Waals surface area contributed by atoms with Gasteiger partial charge in [-0.3, -0.25) is 4.79 Å². The summed E-state index contributed by atoms with van der Waals surface area (Å²) in [5.74, 6) is -0.0185. The third kappa shape index (κ3) is 5.53. The summed E-state index contributed by atoms with van der Waals surface area (Å²) in [7, 11) is 3.44. The lowest BCUT2D eigenvalue weighted by molar-refractivity contribution is -0.132. The smallest absolute Gasteiger partial charge is 0.239 e. The number of thioether (sulfide) groups is 1. The molecule has 0 aliphatic carbocycles. The molecule has 1 unspecified atom stereocenters. The number of amides is 1. The van der Waals surface area contributed by atoms with Crippen LogP contribution in [0.2, 0.25) is 0 Å². The zero-order chi connectivity index (χ0) is 15.0. The minimum Gasteiger partial charge on any atom is -0.385 e. The lowest BCUT2D eigenvalue weighted by Gasteiger charge is -2.21. The Hall–Kier alpha value is -1.04. The molecule has 5 heteroatoms. The van der Waals surface area contributed by atoms with E-state index >= 15 is 0 Å². The molecule has 1 aromatic rings. The number of rotatable bonds is 8. The number of methoxy groups -OCH3 is 1. The lowest BCUT2D eigenvalue weighted by atomic mass is 10.1. The van der Waals surface area contributed by atoms with Gasteiger partial charge in [-0.2, -0.15) is 0 Å². The van der Waals surface area contributed by atoms with E-state index < -0.39 is 6.04 Å². The standard InChI is InChI=1S/C15H24N2O2S/c1-17(15(18)14(16)5-4-10-19-2)11-12-6-8-13(20-3)9-7-12/h6-9,14H,4-5,10-11,16H2,1-3H3. The van der Waals surface area contributed by atoms with Crippen LogP contribution in [0.1, 0.15) is 18.4 Å². The second kappa shape index (κ2) is 9.00. The molecular weight excluding hydrogens is 272 g/mol. The monoisotopic (exact) mass is 296 g/mol. The summed E-state index contributed by atoms with van der Waals surface area (Å²) in [6.45, 7) is 1.23. The van der Waals surface area contributed by atoms with Crippen molar-refractivity contribution in [3.8, 4) is 0 Å². The molecule has 112 valence electrons. The van der Waals surface area contributed by atoms with Crippen LogP contribution in [-0.2, 0) is 16.1 Å². The number of ether oxygens (including phenoxy) is 1. The fraction of sp³-hybridized carbons (Fsp3) is 0.533. The van der Waals surface area contributed by atoms with E-state index in [1.807, 2.05) is 18.4 Å². The third-order valence-corrected chi connectivity index (χ3v) is 3.88. The van der Waals surface area contributed by atoms with Crippen molar-refractivity contribution < 1.29 is 9.53 Å². The van der Waals surface area contributed by atoms with Crippen LogP contribution in [0.15, 0.2) is 29.2 Å². The van der Waals surface area contributed by atoms with Crippen LogP contribution >= 0.6 is 11.8 Å². The first kappa shape index (κ1) is 17.0. The molecule has 0 aromatic heterocycles. The SMILES string of the molecule is COCCCC(N)C(=O)N(C)Cc1ccc(SC)cc1. The van der Waals surface area contributed by atoms with Gasteiger partial charge in [0.25, 0.3) is 0 Å². The average molecular weight is 296 g/mol. The Morgan fingerprint density at radius 3 is 2.60 bits per heavy atom. The molecule has 0 spiro atoms. The Balaban J connectivity index is 2.47. The van der Waals surface area contributed by atoms with Crippen molar-refractivity contribution in [1.29, 1.82) is 0 Å². The fourth-order valence-corrected chi connectivity index (χ4v) is 2.35. The average Bonchev–Trinajstić information content (AvgIpc) is 2.47. The van der Waals surface area contributed by atoms with Gasteiger partial charge in [-0.15, -0.1) is 11.8 Å². The van der Waals surface area contributed by atoms with Crippen molar-refractivity contribution in [1.82, 2.24) is 4.90 Å². The molecule has 0 aliphatic rings. The molecule has 2 N–H and O–H groups in total. The lowest BCUT2D eigenvalue weighted by Crippen LogP contribution is -2.41. The topological polar surface area (TPSA) is 55.6 Å². The van der Waals surface area contributed by atoms with Gasteiger partial charge in [-0.05, 0) is 36.8 Å². The molecule has 0 aliphatic heterocycles. The van der Waals surface area contributed by atoms with Gasteiger partial charge in [0.1, 0.15) is 0 Å². The van der Waals surface area contributed by atoms with Crippen LogP contribution in [0.5, 0.6) is 0 Å². The largest absolute Gasteiger partial charge is 0.385 e. The number of benzene rings is 1. The van der Waals surface area contributed by atoms with Gasteiger partial charge in [0.2, 0.25) is 5.91 Å². The predicted molar refractivity (Wildman–Crippen MR) is 83.8 cm³/mol. The molecule has 20 heavy (non-hydrogen) atoms. The summed E-state index contributed by atoms with van der Waals surface area (Å²) in [6.07, 6.45) is 3.51. The van der Waals surface area contributed by atoms with Crippen LogP contribution in [-0.4, -0.2) is 43.9 Å². The van der Waals surface area contributed by atoms with Crippen molar-refractivity contribution >= 4 is 17.7 Å². The molecular formula is C15H24N2O2S. The summed E-state index contributed by atoms with van der Waals surface area (Å²) in [5, 5.41) is 0. The summed E-state index contributed by atoms with van der Waals surface area (Å²) in [4.78, 5) is 15.0. The molecule has 1 rings (SSSR count). The molecule has 0 fully saturated rings. The number of hydrogen-bond donors (Lipinski definition) is 1. The van der Waals surface area contributed by atoms with Gasteiger partial charge in [0.05, 0.1) is 6.04 Å². The summed E-state index contributed by atoms with van der Waals surface area (Å²) in [5.41, 5.74) is 7.02. The number of carbonyl (C=O) groups is 1. The highest BCUT2D eigenvalue weighted by Gasteiger charge is 2.17. The summed E-state index contributed by atoms with van der Waals surface area (Å²) in [6, 6.07) is 7.78. The second-order valence-electron chi connectivity index (χ2n) is 4.78. The van der Waals surface area contributed by atoms with Crippen molar-refractivity contribution in [3.63, 3.8) is 0 Å². The molecule has 0 radical (unpaired) electrons. The first-order chi connectivity index (χ1) is 9.58. The Bertz CT molecular complexity index is 409. The molecule has 0 saturated heterocycles. The molecule has 0 bridgehead atoms. The Kier molecular flexibility index (Phi) is 7.65. The van der Waals surface area contributed by atoms with Crippen LogP contribution in [0.25, 0.3) is 0 Å². The zero-order valence-electron chi connectivity index (χ0n) is 12.5. The first-order valence-corrected chi connectivity index (χ1v) is 7.93. The normalized spacial score (nSPS) is 12.2. The van der Waals surface area contributed by atoms with E-state index in [9.17, 15) is 4.79 Å². The number of carbonyl (C=O) groups excluding carboxylic acids is 1. The van der Waals surface area contributed by atoms with Gasteiger partial charge in [0, 0.05) is 32.2 Å². The van der Waals surface area contributed by atoms with Crippen LogP contribution in [0.4, 0.5) is 0 Å². The van der Waals surface area contributed by atoms with E-state index in [4.69, 9.17) is 10.5 Å². The molecule has 1 atom stereocenters. The van der Waals surface area contributed by atoms with E-state index in [1.54, 1.807) is 30.8 Å².